The van der Waals surface area contributed by atoms with E-state index in [-0.39, 0.29) is 49.6 Å². The molecule has 2 aromatic carbocycles. The summed E-state index contributed by atoms with van der Waals surface area (Å²) in [5.41, 5.74) is 8.69. The van der Waals surface area contributed by atoms with Gasteiger partial charge in [0, 0.05) is 55.1 Å². The van der Waals surface area contributed by atoms with E-state index in [4.69, 9.17) is 5.73 Å². The molecule has 0 aliphatic carbocycles. The maximum Gasteiger partial charge on any atom is 0.225 e. The number of amides is 4. The third-order valence-corrected chi connectivity index (χ3v) is 7.74. The quantitative estimate of drug-likeness (QED) is 0.254. The molecule has 10 heteroatoms. The fourth-order valence-corrected chi connectivity index (χ4v) is 5.39. The van der Waals surface area contributed by atoms with Crippen molar-refractivity contribution in [3.05, 3.63) is 71.9 Å². The highest BCUT2D eigenvalue weighted by molar-refractivity contribution is 5.86. The molecule has 7 N–H and O–H groups in total. The van der Waals surface area contributed by atoms with Crippen molar-refractivity contribution in [3.63, 3.8) is 0 Å². The summed E-state index contributed by atoms with van der Waals surface area (Å²) in [7, 11) is 0. The minimum atomic E-state index is -0.509. The Hall–Kier alpha value is -4.18. The van der Waals surface area contributed by atoms with Gasteiger partial charge in [-0.1, -0.05) is 55.5 Å². The molecule has 1 fully saturated rings. The van der Waals surface area contributed by atoms with Crippen LogP contribution in [0.4, 0.5) is 0 Å². The van der Waals surface area contributed by atoms with Gasteiger partial charge in [0.05, 0.1) is 11.8 Å². The van der Waals surface area contributed by atoms with E-state index in [9.17, 15) is 19.2 Å². The molecule has 1 saturated heterocycles. The van der Waals surface area contributed by atoms with Gasteiger partial charge >= 0.3 is 0 Å². The molecule has 0 unspecified atom stereocenters. The number of carbonyl (C=O) groups excluding carboxylic acids is 4. The summed E-state index contributed by atoms with van der Waals surface area (Å²) in [6.45, 7) is 2.45. The van der Waals surface area contributed by atoms with Gasteiger partial charge < -0.3 is 32.0 Å². The second-order valence-corrected chi connectivity index (χ2v) is 11.2. The Labute approximate surface area is 246 Å². The third kappa shape index (κ3) is 8.91. The first-order valence-electron chi connectivity index (χ1n) is 14.8. The van der Waals surface area contributed by atoms with E-state index in [1.807, 2.05) is 60.8 Å². The fraction of sp³-hybridized carbons (Fsp3) is 0.438. The molecule has 10 nitrogen and oxygen atoms in total. The average Bonchev–Trinajstić information content (AvgIpc) is 3.38. The number of H-pyrrole nitrogens is 1. The standard InChI is InChI=1S/C32H42N6O4/c1-21-18-35-29(39)16-25(14-22-8-3-2-4-9-22)37-30(40)17-26(15-24-20-34-28-12-6-5-11-27(24)28)38-32(42)23(10-7-13-33)19-36-31(21)41/h2-6,8-9,11-12,20-21,23,25-26,34H,7,10,13-19,33H2,1H3,(H,35,39)(H,36,41)(H,37,40)(H,38,42)/t21-,23-,25-,26-/m0/s1. The molecular weight excluding hydrogens is 532 g/mol. The molecule has 1 aliphatic rings. The zero-order chi connectivity index (χ0) is 29.9. The predicted octanol–water partition coefficient (Wildman–Crippen LogP) is 1.94. The Bertz CT molecular complexity index is 1360. The van der Waals surface area contributed by atoms with Crippen molar-refractivity contribution in [2.45, 2.75) is 57.5 Å². The van der Waals surface area contributed by atoms with Gasteiger partial charge in [-0.2, -0.15) is 0 Å². The van der Waals surface area contributed by atoms with E-state index in [2.05, 4.69) is 26.3 Å². The van der Waals surface area contributed by atoms with Crippen molar-refractivity contribution in [2.75, 3.05) is 19.6 Å². The number of hydrogen-bond acceptors (Lipinski definition) is 5. The first-order valence-corrected chi connectivity index (χ1v) is 14.8. The lowest BCUT2D eigenvalue weighted by Crippen LogP contribution is -2.49. The fourth-order valence-electron chi connectivity index (χ4n) is 5.39. The Morgan fingerprint density at radius 1 is 0.786 bits per heavy atom. The third-order valence-electron chi connectivity index (χ3n) is 7.74. The van der Waals surface area contributed by atoms with Crippen LogP contribution >= 0.6 is 0 Å². The van der Waals surface area contributed by atoms with Crippen molar-refractivity contribution >= 4 is 34.5 Å². The van der Waals surface area contributed by atoms with E-state index in [1.54, 1.807) is 6.92 Å². The van der Waals surface area contributed by atoms with E-state index >= 15 is 0 Å². The molecule has 42 heavy (non-hydrogen) atoms. The predicted molar refractivity (Wildman–Crippen MR) is 162 cm³/mol. The summed E-state index contributed by atoms with van der Waals surface area (Å²) in [5, 5.41) is 12.9. The SMILES string of the molecule is C[C@H]1CNC(=O)C[C@H](Cc2ccccc2)NC(=O)C[C@H](Cc2c[nH]c3ccccc23)NC(=O)[C@@H](CCCN)CNC1=O. The van der Waals surface area contributed by atoms with Crippen molar-refractivity contribution in [1.82, 2.24) is 26.3 Å². The van der Waals surface area contributed by atoms with E-state index in [0.717, 1.165) is 22.0 Å². The summed E-state index contributed by atoms with van der Waals surface area (Å²) in [6.07, 6.45) is 4.02. The van der Waals surface area contributed by atoms with Crippen LogP contribution in [-0.2, 0) is 32.0 Å². The molecular formula is C32H42N6O4. The number of hydrogen-bond donors (Lipinski definition) is 6. The Morgan fingerprint density at radius 2 is 1.50 bits per heavy atom. The number of aromatic amines is 1. The van der Waals surface area contributed by atoms with Crippen LogP contribution < -0.4 is 27.0 Å². The highest BCUT2D eigenvalue weighted by Crippen LogP contribution is 2.20. The number of rotatable bonds is 7. The van der Waals surface area contributed by atoms with Crippen LogP contribution in [0.5, 0.6) is 0 Å². The summed E-state index contributed by atoms with van der Waals surface area (Å²) in [5.74, 6) is -1.95. The molecule has 2 heterocycles. The van der Waals surface area contributed by atoms with Crippen LogP contribution in [0.3, 0.4) is 0 Å². The number of benzene rings is 2. The van der Waals surface area contributed by atoms with Crippen LogP contribution in [0.15, 0.2) is 60.8 Å². The van der Waals surface area contributed by atoms with Crippen LogP contribution in [-0.4, -0.2) is 60.3 Å². The van der Waals surface area contributed by atoms with E-state index in [0.29, 0.717) is 32.2 Å². The van der Waals surface area contributed by atoms with Gasteiger partial charge in [0.25, 0.3) is 0 Å². The van der Waals surface area contributed by atoms with Gasteiger partial charge in [-0.3, -0.25) is 19.2 Å². The second-order valence-electron chi connectivity index (χ2n) is 11.2. The first-order chi connectivity index (χ1) is 20.3. The largest absolute Gasteiger partial charge is 0.361 e. The summed E-state index contributed by atoms with van der Waals surface area (Å²) < 4.78 is 0. The molecule has 4 amide bonds. The molecule has 224 valence electrons. The lowest BCUT2D eigenvalue weighted by atomic mass is 9.97. The topological polar surface area (TPSA) is 158 Å². The number of carbonyl (C=O) groups is 4. The molecule has 3 aromatic rings. The maximum absolute atomic E-state index is 13.6. The van der Waals surface area contributed by atoms with Gasteiger partial charge in [0.2, 0.25) is 23.6 Å². The second kappa shape index (κ2) is 15.2. The van der Waals surface area contributed by atoms with Crippen LogP contribution in [0.1, 0.15) is 43.7 Å². The lowest BCUT2D eigenvalue weighted by Gasteiger charge is -2.25. The maximum atomic E-state index is 13.6. The molecule has 1 aromatic heterocycles. The Morgan fingerprint density at radius 3 is 2.29 bits per heavy atom. The zero-order valence-electron chi connectivity index (χ0n) is 24.2. The first kappa shape index (κ1) is 30.8. The van der Waals surface area contributed by atoms with Crippen molar-refractivity contribution in [1.29, 1.82) is 0 Å². The van der Waals surface area contributed by atoms with Crippen molar-refractivity contribution < 1.29 is 19.2 Å². The van der Waals surface area contributed by atoms with E-state index in [1.165, 1.54) is 0 Å². The molecule has 1 aliphatic heterocycles. The van der Waals surface area contributed by atoms with Crippen LogP contribution in [0, 0.1) is 11.8 Å². The van der Waals surface area contributed by atoms with Crippen molar-refractivity contribution in [2.24, 2.45) is 17.6 Å². The lowest BCUT2D eigenvalue weighted by molar-refractivity contribution is -0.127. The number of aromatic nitrogens is 1. The number of nitrogens with one attached hydrogen (secondary N) is 5. The average molecular weight is 575 g/mol. The molecule has 0 radical (unpaired) electrons. The molecule has 0 spiro atoms. The monoisotopic (exact) mass is 574 g/mol. The molecule has 4 rings (SSSR count). The zero-order valence-corrected chi connectivity index (χ0v) is 24.2. The van der Waals surface area contributed by atoms with Gasteiger partial charge in [0.1, 0.15) is 0 Å². The molecule has 0 bridgehead atoms. The number of nitrogens with two attached hydrogens (primary N) is 1. The van der Waals surface area contributed by atoms with E-state index < -0.39 is 23.9 Å². The summed E-state index contributed by atoms with van der Waals surface area (Å²) in [6, 6.07) is 16.6. The summed E-state index contributed by atoms with van der Waals surface area (Å²) >= 11 is 0. The Balaban J connectivity index is 1.60. The highest BCUT2D eigenvalue weighted by Gasteiger charge is 2.27. The number of para-hydroxylation sites is 1. The normalized spacial score (nSPS) is 23.1. The van der Waals surface area contributed by atoms with Gasteiger partial charge in [0.15, 0.2) is 0 Å². The molecule has 0 saturated carbocycles. The Kier molecular flexibility index (Phi) is 11.1. The van der Waals surface area contributed by atoms with Crippen LogP contribution in [0.25, 0.3) is 10.9 Å². The summed E-state index contributed by atoms with van der Waals surface area (Å²) in [4.78, 5) is 56.0. The highest BCUT2D eigenvalue weighted by atomic mass is 16.2. The minimum Gasteiger partial charge on any atom is -0.361 e. The van der Waals surface area contributed by atoms with Gasteiger partial charge in [-0.15, -0.1) is 0 Å². The van der Waals surface area contributed by atoms with Crippen LogP contribution in [0.2, 0.25) is 0 Å². The van der Waals surface area contributed by atoms with Crippen molar-refractivity contribution in [3.8, 4) is 0 Å². The smallest absolute Gasteiger partial charge is 0.225 e. The minimum absolute atomic E-state index is 0.0329. The molecule has 4 atom stereocenters. The number of fused-ring (bicyclic) bond motifs is 1. The van der Waals surface area contributed by atoms with Gasteiger partial charge in [-0.05, 0) is 49.4 Å². The van der Waals surface area contributed by atoms with Gasteiger partial charge in [-0.25, -0.2) is 0 Å².